The SMILES string of the molecule is Cl.Fc1ccccc1CC1CC2CCC(C1)N2. The van der Waals surface area contributed by atoms with E-state index in [0.717, 1.165) is 12.0 Å². The molecule has 3 heteroatoms. The molecule has 2 heterocycles. The van der Waals surface area contributed by atoms with Gasteiger partial charge >= 0.3 is 0 Å². The molecular formula is C14H19ClFN. The normalized spacial score (nSPS) is 31.0. The highest BCUT2D eigenvalue weighted by Crippen LogP contribution is 2.33. The van der Waals surface area contributed by atoms with Crippen LogP contribution in [-0.2, 0) is 6.42 Å². The average molecular weight is 256 g/mol. The third kappa shape index (κ3) is 2.80. The van der Waals surface area contributed by atoms with Crippen molar-refractivity contribution in [1.29, 1.82) is 0 Å². The maximum absolute atomic E-state index is 13.5. The lowest BCUT2D eigenvalue weighted by Crippen LogP contribution is -2.38. The molecule has 17 heavy (non-hydrogen) atoms. The van der Waals surface area contributed by atoms with E-state index in [1.165, 1.54) is 25.7 Å². The van der Waals surface area contributed by atoms with E-state index in [-0.39, 0.29) is 18.2 Å². The molecule has 0 saturated carbocycles. The molecular weight excluding hydrogens is 237 g/mol. The van der Waals surface area contributed by atoms with Crippen LogP contribution in [0.4, 0.5) is 4.39 Å². The van der Waals surface area contributed by atoms with E-state index in [2.05, 4.69) is 5.32 Å². The zero-order valence-electron chi connectivity index (χ0n) is 9.86. The minimum Gasteiger partial charge on any atom is -0.311 e. The van der Waals surface area contributed by atoms with Gasteiger partial charge in [-0.1, -0.05) is 18.2 Å². The van der Waals surface area contributed by atoms with Crippen molar-refractivity contribution in [2.75, 3.05) is 0 Å². The molecule has 94 valence electrons. The van der Waals surface area contributed by atoms with Gasteiger partial charge in [0.25, 0.3) is 0 Å². The van der Waals surface area contributed by atoms with Crippen LogP contribution in [0.25, 0.3) is 0 Å². The summed E-state index contributed by atoms with van der Waals surface area (Å²) in [5.41, 5.74) is 0.897. The topological polar surface area (TPSA) is 12.0 Å². The fourth-order valence-electron chi connectivity index (χ4n) is 3.32. The lowest BCUT2D eigenvalue weighted by Gasteiger charge is -2.29. The molecule has 1 N–H and O–H groups in total. The molecule has 2 unspecified atom stereocenters. The van der Waals surface area contributed by atoms with Crippen molar-refractivity contribution < 1.29 is 4.39 Å². The van der Waals surface area contributed by atoms with E-state index in [0.29, 0.717) is 18.0 Å². The molecule has 1 aromatic rings. The first kappa shape index (κ1) is 12.8. The van der Waals surface area contributed by atoms with Gasteiger partial charge in [-0.05, 0) is 49.7 Å². The van der Waals surface area contributed by atoms with E-state index in [1.54, 1.807) is 12.1 Å². The molecule has 2 bridgehead atoms. The third-order valence-corrected chi connectivity index (χ3v) is 4.04. The summed E-state index contributed by atoms with van der Waals surface area (Å²) in [6.07, 6.45) is 6.01. The quantitative estimate of drug-likeness (QED) is 0.855. The highest BCUT2D eigenvalue weighted by atomic mass is 35.5. The first-order chi connectivity index (χ1) is 7.81. The fourth-order valence-corrected chi connectivity index (χ4v) is 3.32. The van der Waals surface area contributed by atoms with Gasteiger partial charge in [0, 0.05) is 12.1 Å². The molecule has 2 aliphatic rings. The average Bonchev–Trinajstić information content (AvgIpc) is 2.62. The maximum Gasteiger partial charge on any atom is 0.126 e. The first-order valence-corrected chi connectivity index (χ1v) is 6.30. The monoisotopic (exact) mass is 255 g/mol. The molecule has 3 rings (SSSR count). The minimum atomic E-state index is -0.0339. The van der Waals surface area contributed by atoms with Crippen molar-refractivity contribution in [2.45, 2.75) is 44.2 Å². The standard InChI is InChI=1S/C14H18FN.ClH/c15-14-4-2-1-3-11(14)7-10-8-12-5-6-13(9-10)16-12;/h1-4,10,12-13,16H,5-9H2;1H. The Hall–Kier alpha value is -0.600. The Morgan fingerprint density at radius 3 is 2.41 bits per heavy atom. The van der Waals surface area contributed by atoms with Crippen LogP contribution in [0.15, 0.2) is 24.3 Å². The Bertz CT molecular complexity index is 370. The van der Waals surface area contributed by atoms with Crippen LogP contribution in [0.3, 0.4) is 0 Å². The third-order valence-electron chi connectivity index (χ3n) is 4.04. The Labute approximate surface area is 108 Å². The van der Waals surface area contributed by atoms with E-state index >= 15 is 0 Å². The predicted molar refractivity (Wildman–Crippen MR) is 70.0 cm³/mol. The number of hydrogen-bond acceptors (Lipinski definition) is 1. The van der Waals surface area contributed by atoms with Crippen molar-refractivity contribution in [1.82, 2.24) is 5.32 Å². The van der Waals surface area contributed by atoms with Gasteiger partial charge in [-0.25, -0.2) is 4.39 Å². The largest absolute Gasteiger partial charge is 0.311 e. The van der Waals surface area contributed by atoms with Gasteiger partial charge in [0.15, 0.2) is 0 Å². The van der Waals surface area contributed by atoms with E-state index in [4.69, 9.17) is 0 Å². The van der Waals surface area contributed by atoms with Crippen LogP contribution in [0.1, 0.15) is 31.2 Å². The van der Waals surface area contributed by atoms with Crippen molar-refractivity contribution in [3.05, 3.63) is 35.6 Å². The lowest BCUT2D eigenvalue weighted by atomic mass is 9.87. The van der Waals surface area contributed by atoms with E-state index in [9.17, 15) is 4.39 Å². The zero-order valence-corrected chi connectivity index (χ0v) is 10.7. The number of hydrogen-bond donors (Lipinski definition) is 1. The van der Waals surface area contributed by atoms with E-state index < -0.39 is 0 Å². The van der Waals surface area contributed by atoms with Gasteiger partial charge in [-0.15, -0.1) is 12.4 Å². The Morgan fingerprint density at radius 2 is 1.76 bits per heavy atom. The van der Waals surface area contributed by atoms with Gasteiger partial charge < -0.3 is 5.32 Å². The summed E-state index contributed by atoms with van der Waals surface area (Å²) in [6, 6.07) is 8.62. The maximum atomic E-state index is 13.5. The first-order valence-electron chi connectivity index (χ1n) is 6.30. The number of fused-ring (bicyclic) bond motifs is 2. The highest BCUT2D eigenvalue weighted by molar-refractivity contribution is 5.85. The van der Waals surface area contributed by atoms with Crippen LogP contribution in [-0.4, -0.2) is 12.1 Å². The molecule has 2 saturated heterocycles. The number of piperidine rings is 1. The number of benzene rings is 1. The van der Waals surface area contributed by atoms with Gasteiger partial charge in [-0.2, -0.15) is 0 Å². The van der Waals surface area contributed by atoms with Crippen LogP contribution in [0, 0.1) is 11.7 Å². The summed E-state index contributed by atoms with van der Waals surface area (Å²) in [7, 11) is 0. The molecule has 0 aliphatic carbocycles. The molecule has 2 fully saturated rings. The van der Waals surface area contributed by atoms with Gasteiger partial charge in [0.1, 0.15) is 5.82 Å². The summed E-state index contributed by atoms with van der Waals surface area (Å²) in [5, 5.41) is 3.63. The Morgan fingerprint density at radius 1 is 1.12 bits per heavy atom. The second-order valence-corrected chi connectivity index (χ2v) is 5.27. The van der Waals surface area contributed by atoms with Crippen LogP contribution in [0.2, 0.25) is 0 Å². The molecule has 1 nitrogen and oxygen atoms in total. The summed E-state index contributed by atoms with van der Waals surface area (Å²) in [5.74, 6) is 0.643. The number of halogens is 2. The molecule has 0 spiro atoms. The predicted octanol–water partition coefficient (Wildman–Crippen LogP) is 3.32. The lowest BCUT2D eigenvalue weighted by molar-refractivity contribution is 0.296. The second-order valence-electron chi connectivity index (χ2n) is 5.27. The van der Waals surface area contributed by atoms with Crippen molar-refractivity contribution in [3.8, 4) is 0 Å². The molecule has 2 aliphatic heterocycles. The summed E-state index contributed by atoms with van der Waals surface area (Å²) >= 11 is 0. The molecule has 0 amide bonds. The highest BCUT2D eigenvalue weighted by Gasteiger charge is 2.33. The smallest absolute Gasteiger partial charge is 0.126 e. The summed E-state index contributed by atoms with van der Waals surface area (Å²) < 4.78 is 13.5. The van der Waals surface area contributed by atoms with Gasteiger partial charge in [0.05, 0.1) is 0 Å². The van der Waals surface area contributed by atoms with Crippen LogP contribution in [0.5, 0.6) is 0 Å². The summed E-state index contributed by atoms with van der Waals surface area (Å²) in [6.45, 7) is 0. The molecule has 0 radical (unpaired) electrons. The Balaban J connectivity index is 0.00000108. The van der Waals surface area contributed by atoms with Crippen LogP contribution < -0.4 is 5.32 Å². The molecule has 1 aromatic carbocycles. The number of nitrogens with one attached hydrogen (secondary N) is 1. The zero-order chi connectivity index (χ0) is 11.0. The van der Waals surface area contributed by atoms with Crippen molar-refractivity contribution in [3.63, 3.8) is 0 Å². The van der Waals surface area contributed by atoms with Gasteiger partial charge in [0.2, 0.25) is 0 Å². The Kier molecular flexibility index (Phi) is 4.05. The van der Waals surface area contributed by atoms with E-state index in [1.807, 2.05) is 12.1 Å². The molecule has 0 aromatic heterocycles. The van der Waals surface area contributed by atoms with Crippen molar-refractivity contribution >= 4 is 12.4 Å². The van der Waals surface area contributed by atoms with Crippen LogP contribution >= 0.6 is 12.4 Å². The second kappa shape index (κ2) is 5.36. The van der Waals surface area contributed by atoms with Crippen molar-refractivity contribution in [2.24, 2.45) is 5.92 Å². The fraction of sp³-hybridized carbons (Fsp3) is 0.571. The minimum absolute atomic E-state index is 0. The number of rotatable bonds is 2. The van der Waals surface area contributed by atoms with Gasteiger partial charge in [-0.3, -0.25) is 0 Å². The molecule has 2 atom stereocenters. The summed E-state index contributed by atoms with van der Waals surface area (Å²) in [4.78, 5) is 0.